The van der Waals surface area contributed by atoms with Crippen molar-refractivity contribution in [2.45, 2.75) is 16.6 Å². The van der Waals surface area contributed by atoms with Crippen molar-refractivity contribution in [3.05, 3.63) is 76.8 Å². The van der Waals surface area contributed by atoms with Gasteiger partial charge in [0.15, 0.2) is 5.75 Å². The monoisotopic (exact) mass is 458 g/mol. The number of nitrogens with two attached hydrogens (primary N) is 1. The molecule has 1 heterocycles. The van der Waals surface area contributed by atoms with Crippen LogP contribution in [0.25, 0.3) is 0 Å². The number of nitrogen functional groups attached to an aromatic ring is 1. The van der Waals surface area contributed by atoms with E-state index in [1.54, 1.807) is 48.5 Å². The quantitative estimate of drug-likeness (QED) is 0.386. The van der Waals surface area contributed by atoms with Gasteiger partial charge in [-0.05, 0) is 42.5 Å². The molecule has 0 bridgehead atoms. The molecule has 3 aromatic carbocycles. The molecule has 4 rings (SSSR count). The summed E-state index contributed by atoms with van der Waals surface area (Å²) >= 11 is 13.4. The van der Waals surface area contributed by atoms with E-state index in [1.165, 1.54) is 11.8 Å². The third-order valence-electron chi connectivity index (χ3n) is 4.51. The van der Waals surface area contributed by atoms with Crippen LogP contribution in [0.5, 0.6) is 11.5 Å². The summed E-state index contributed by atoms with van der Waals surface area (Å²) in [6, 6.07) is 18.9. The molecule has 0 aromatic heterocycles. The van der Waals surface area contributed by atoms with Gasteiger partial charge in [-0.25, -0.2) is 4.90 Å². The van der Waals surface area contributed by atoms with Crippen LogP contribution in [-0.2, 0) is 9.59 Å². The van der Waals surface area contributed by atoms with Crippen molar-refractivity contribution in [3.8, 4) is 11.5 Å². The summed E-state index contributed by atoms with van der Waals surface area (Å²) in [6.07, 6.45) is 0.0773. The van der Waals surface area contributed by atoms with Gasteiger partial charge in [-0.2, -0.15) is 0 Å². The summed E-state index contributed by atoms with van der Waals surface area (Å²) < 4.78 is 5.91. The minimum absolute atomic E-state index is 0.0773. The number of imide groups is 1. The average Bonchev–Trinajstić information content (AvgIpc) is 2.99. The Hall–Kier alpha value is -2.67. The van der Waals surface area contributed by atoms with Crippen LogP contribution in [0, 0.1) is 0 Å². The van der Waals surface area contributed by atoms with Crippen LogP contribution >= 0.6 is 35.0 Å². The molecule has 2 amide bonds. The SMILES string of the molecule is Nc1ccccc1SC1CC(=O)N(c2ccccc2Oc2ccc(Cl)cc2Cl)C1=O. The van der Waals surface area contributed by atoms with Crippen LogP contribution in [0.1, 0.15) is 6.42 Å². The average molecular weight is 459 g/mol. The van der Waals surface area contributed by atoms with E-state index in [1.807, 2.05) is 18.2 Å². The highest BCUT2D eigenvalue weighted by Gasteiger charge is 2.41. The molecular formula is C22H16Cl2N2O3S. The van der Waals surface area contributed by atoms with Gasteiger partial charge in [0.1, 0.15) is 5.75 Å². The molecule has 5 nitrogen and oxygen atoms in total. The number of thioether (sulfide) groups is 1. The van der Waals surface area contributed by atoms with Crippen LogP contribution in [0.4, 0.5) is 11.4 Å². The van der Waals surface area contributed by atoms with Crippen molar-refractivity contribution < 1.29 is 14.3 Å². The summed E-state index contributed by atoms with van der Waals surface area (Å²) in [7, 11) is 0. The number of hydrogen-bond acceptors (Lipinski definition) is 5. The fourth-order valence-electron chi connectivity index (χ4n) is 3.09. The summed E-state index contributed by atoms with van der Waals surface area (Å²) in [5, 5.41) is 0.240. The summed E-state index contributed by atoms with van der Waals surface area (Å²) in [5.41, 5.74) is 6.92. The van der Waals surface area contributed by atoms with Gasteiger partial charge < -0.3 is 10.5 Å². The Bertz CT molecular complexity index is 1140. The zero-order valence-electron chi connectivity index (χ0n) is 15.5. The Labute approximate surface area is 187 Å². The van der Waals surface area contributed by atoms with E-state index in [9.17, 15) is 9.59 Å². The molecule has 1 fully saturated rings. The van der Waals surface area contributed by atoms with Gasteiger partial charge in [0.05, 0.1) is 16.0 Å². The molecule has 1 aliphatic rings. The number of nitrogens with zero attached hydrogens (tertiary/aromatic N) is 1. The van der Waals surface area contributed by atoms with E-state index in [0.717, 1.165) is 9.80 Å². The zero-order chi connectivity index (χ0) is 21.3. The molecule has 1 saturated heterocycles. The third kappa shape index (κ3) is 4.12. The van der Waals surface area contributed by atoms with E-state index in [4.69, 9.17) is 33.7 Å². The number of halogens is 2. The first kappa shape index (κ1) is 20.6. The Balaban J connectivity index is 1.62. The second-order valence-electron chi connectivity index (χ2n) is 6.56. The lowest BCUT2D eigenvalue weighted by atomic mass is 10.2. The number of para-hydroxylation sites is 3. The molecule has 152 valence electrons. The maximum atomic E-state index is 13.1. The molecule has 0 saturated carbocycles. The van der Waals surface area contributed by atoms with Gasteiger partial charge in [0.25, 0.3) is 0 Å². The van der Waals surface area contributed by atoms with E-state index in [-0.39, 0.29) is 18.2 Å². The predicted molar refractivity (Wildman–Crippen MR) is 121 cm³/mol. The van der Waals surface area contributed by atoms with Gasteiger partial charge in [0, 0.05) is 22.0 Å². The minimum Gasteiger partial charge on any atom is -0.454 e. The summed E-state index contributed by atoms with van der Waals surface area (Å²) in [5.74, 6) is 0.0978. The Morgan fingerprint density at radius 2 is 1.70 bits per heavy atom. The first-order chi connectivity index (χ1) is 14.4. The van der Waals surface area contributed by atoms with Crippen molar-refractivity contribution in [2.75, 3.05) is 10.6 Å². The van der Waals surface area contributed by atoms with Crippen molar-refractivity contribution in [1.29, 1.82) is 0 Å². The van der Waals surface area contributed by atoms with Crippen molar-refractivity contribution in [1.82, 2.24) is 0 Å². The number of carbonyl (C=O) groups excluding carboxylic acids is 2. The molecular weight excluding hydrogens is 443 g/mol. The molecule has 1 unspecified atom stereocenters. The van der Waals surface area contributed by atoms with Gasteiger partial charge in [-0.1, -0.05) is 47.5 Å². The Morgan fingerprint density at radius 3 is 2.47 bits per heavy atom. The van der Waals surface area contributed by atoms with E-state index in [2.05, 4.69) is 0 Å². The van der Waals surface area contributed by atoms with Crippen molar-refractivity contribution in [2.24, 2.45) is 0 Å². The molecule has 1 atom stereocenters. The number of benzene rings is 3. The number of anilines is 2. The van der Waals surface area contributed by atoms with Gasteiger partial charge >= 0.3 is 0 Å². The molecule has 1 aliphatic heterocycles. The molecule has 0 radical (unpaired) electrons. The lowest BCUT2D eigenvalue weighted by molar-refractivity contribution is -0.121. The predicted octanol–water partition coefficient (Wildman–Crippen LogP) is 5.79. The van der Waals surface area contributed by atoms with E-state index >= 15 is 0 Å². The highest BCUT2D eigenvalue weighted by Crippen LogP contribution is 2.41. The maximum absolute atomic E-state index is 13.1. The lowest BCUT2D eigenvalue weighted by Gasteiger charge is -2.19. The normalized spacial score (nSPS) is 16.2. The zero-order valence-corrected chi connectivity index (χ0v) is 17.9. The molecule has 0 aliphatic carbocycles. The highest BCUT2D eigenvalue weighted by molar-refractivity contribution is 8.00. The molecule has 2 N–H and O–H groups in total. The van der Waals surface area contributed by atoms with Gasteiger partial charge in [-0.3, -0.25) is 9.59 Å². The smallest absolute Gasteiger partial charge is 0.247 e. The lowest BCUT2D eigenvalue weighted by Crippen LogP contribution is -2.31. The largest absolute Gasteiger partial charge is 0.454 e. The fraction of sp³-hybridized carbons (Fsp3) is 0.0909. The number of carbonyl (C=O) groups is 2. The van der Waals surface area contributed by atoms with Gasteiger partial charge in [0.2, 0.25) is 11.8 Å². The van der Waals surface area contributed by atoms with Crippen molar-refractivity contribution >= 4 is 58.2 Å². The van der Waals surface area contributed by atoms with E-state index < -0.39 is 5.25 Å². The summed E-state index contributed by atoms with van der Waals surface area (Å²) in [6.45, 7) is 0. The minimum atomic E-state index is -0.561. The van der Waals surface area contributed by atoms with Crippen LogP contribution in [-0.4, -0.2) is 17.1 Å². The first-order valence-electron chi connectivity index (χ1n) is 9.04. The fourth-order valence-corrected chi connectivity index (χ4v) is 4.64. The first-order valence-corrected chi connectivity index (χ1v) is 10.7. The number of ether oxygens (including phenoxy) is 1. The number of hydrogen-bond donors (Lipinski definition) is 1. The Morgan fingerprint density at radius 1 is 0.967 bits per heavy atom. The van der Waals surface area contributed by atoms with Gasteiger partial charge in [-0.15, -0.1) is 11.8 Å². The second kappa shape index (κ2) is 8.60. The Kier molecular flexibility index (Phi) is 5.90. The highest BCUT2D eigenvalue weighted by atomic mass is 35.5. The van der Waals surface area contributed by atoms with Crippen LogP contribution < -0.4 is 15.4 Å². The molecule has 30 heavy (non-hydrogen) atoms. The number of rotatable bonds is 5. The van der Waals surface area contributed by atoms with Crippen LogP contribution in [0.3, 0.4) is 0 Å². The molecule has 3 aromatic rings. The van der Waals surface area contributed by atoms with Crippen molar-refractivity contribution in [3.63, 3.8) is 0 Å². The second-order valence-corrected chi connectivity index (χ2v) is 8.65. The third-order valence-corrected chi connectivity index (χ3v) is 6.32. The molecule has 8 heteroatoms. The summed E-state index contributed by atoms with van der Waals surface area (Å²) in [4.78, 5) is 27.8. The number of amides is 2. The van der Waals surface area contributed by atoms with E-state index in [0.29, 0.717) is 32.9 Å². The standard InChI is InChI=1S/C22H16Cl2N2O3S/c23-13-9-10-17(14(24)11-13)29-18-7-3-2-6-16(18)26-21(27)12-20(22(26)28)30-19-8-4-1-5-15(19)25/h1-11,20H,12,25H2. The molecule has 0 spiro atoms. The topological polar surface area (TPSA) is 72.6 Å². The van der Waals surface area contributed by atoms with Crippen LogP contribution in [0.15, 0.2) is 71.6 Å². The maximum Gasteiger partial charge on any atom is 0.247 e. The van der Waals surface area contributed by atoms with Crippen LogP contribution in [0.2, 0.25) is 10.0 Å².